The van der Waals surface area contributed by atoms with Crippen LogP contribution in [0, 0.1) is 0 Å². The third-order valence-electron chi connectivity index (χ3n) is 3.43. The second kappa shape index (κ2) is 6.19. The van der Waals surface area contributed by atoms with Crippen molar-refractivity contribution in [2.75, 3.05) is 11.9 Å². The van der Waals surface area contributed by atoms with Crippen LogP contribution in [0.4, 0.5) is 5.69 Å². The molecule has 0 aromatic heterocycles. The first-order valence-corrected chi connectivity index (χ1v) is 8.25. The Balaban J connectivity index is 1.88. The third-order valence-corrected chi connectivity index (χ3v) is 4.45. The Morgan fingerprint density at radius 2 is 1.75 bits per heavy atom. The number of rotatable bonds is 2. The second-order valence-electron chi connectivity index (χ2n) is 4.88. The van der Waals surface area contributed by atoms with E-state index in [1.54, 1.807) is 0 Å². The van der Waals surface area contributed by atoms with Crippen LogP contribution in [0.25, 0.3) is 0 Å². The molecule has 1 aliphatic heterocycles. The number of fused-ring (bicyclic) bond motifs is 1. The largest absolute Gasteiger partial charge is 0.493 e. The van der Waals surface area contributed by atoms with Crippen LogP contribution >= 0.6 is 31.9 Å². The van der Waals surface area contributed by atoms with Crippen molar-refractivity contribution in [3.63, 3.8) is 0 Å². The van der Waals surface area contributed by atoms with Gasteiger partial charge in [-0.05, 0) is 49.2 Å². The summed E-state index contributed by atoms with van der Waals surface area (Å²) < 4.78 is 7.99. The van der Waals surface area contributed by atoms with Crippen LogP contribution in [0.15, 0.2) is 51.4 Å². The summed E-state index contributed by atoms with van der Waals surface area (Å²) in [5, 5.41) is 3.61. The number of ether oxygens (including phenoxy) is 1. The monoisotopic (exact) mass is 395 g/mol. The van der Waals surface area contributed by atoms with Gasteiger partial charge in [0.15, 0.2) is 0 Å². The van der Waals surface area contributed by atoms with Crippen LogP contribution in [-0.4, -0.2) is 6.61 Å². The summed E-state index contributed by atoms with van der Waals surface area (Å²) in [7, 11) is 0. The lowest BCUT2D eigenvalue weighted by molar-refractivity contribution is 0.316. The minimum absolute atomic E-state index is 0.293. The first-order chi connectivity index (χ1) is 9.72. The number of hydrogen-bond acceptors (Lipinski definition) is 2. The summed E-state index contributed by atoms with van der Waals surface area (Å²) in [6.07, 6.45) is 2.13. The molecule has 1 aliphatic rings. The van der Waals surface area contributed by atoms with Gasteiger partial charge in [0.1, 0.15) is 5.75 Å². The number of halogens is 2. The molecule has 0 radical (unpaired) electrons. The Kier molecular flexibility index (Phi) is 4.32. The Morgan fingerprint density at radius 3 is 2.55 bits per heavy atom. The highest BCUT2D eigenvalue weighted by Gasteiger charge is 2.19. The molecule has 0 saturated carbocycles. The van der Waals surface area contributed by atoms with E-state index >= 15 is 0 Å². The highest BCUT2D eigenvalue weighted by molar-refractivity contribution is 9.10. The van der Waals surface area contributed by atoms with Crippen LogP contribution in [0.2, 0.25) is 0 Å². The molecule has 104 valence electrons. The maximum Gasteiger partial charge on any atom is 0.125 e. The molecule has 0 amide bonds. The average molecular weight is 397 g/mol. The van der Waals surface area contributed by atoms with Crippen molar-refractivity contribution >= 4 is 37.5 Å². The van der Waals surface area contributed by atoms with Gasteiger partial charge in [-0.2, -0.15) is 0 Å². The zero-order valence-electron chi connectivity index (χ0n) is 10.9. The van der Waals surface area contributed by atoms with Crippen molar-refractivity contribution in [1.82, 2.24) is 0 Å². The molecule has 0 bridgehead atoms. The number of nitrogens with one attached hydrogen (secondary N) is 1. The first-order valence-electron chi connectivity index (χ1n) is 6.67. The van der Waals surface area contributed by atoms with E-state index in [0.717, 1.165) is 39.8 Å². The first kappa shape index (κ1) is 14.0. The molecule has 4 heteroatoms. The van der Waals surface area contributed by atoms with E-state index in [9.17, 15) is 0 Å². The van der Waals surface area contributed by atoms with Gasteiger partial charge in [-0.3, -0.25) is 0 Å². The lowest BCUT2D eigenvalue weighted by Crippen LogP contribution is -2.10. The molecule has 1 heterocycles. The van der Waals surface area contributed by atoms with E-state index in [-0.39, 0.29) is 0 Å². The predicted octanol–water partition coefficient (Wildman–Crippen LogP) is 5.54. The maximum atomic E-state index is 5.84. The minimum Gasteiger partial charge on any atom is -0.493 e. The molecule has 1 N–H and O–H groups in total. The van der Waals surface area contributed by atoms with Gasteiger partial charge in [-0.25, -0.2) is 0 Å². The van der Waals surface area contributed by atoms with Gasteiger partial charge in [-0.15, -0.1) is 0 Å². The van der Waals surface area contributed by atoms with Gasteiger partial charge < -0.3 is 10.1 Å². The SMILES string of the molecule is Brc1ccc(NC2CCCOc3cc(Br)ccc32)cc1. The van der Waals surface area contributed by atoms with Gasteiger partial charge in [0.25, 0.3) is 0 Å². The van der Waals surface area contributed by atoms with E-state index < -0.39 is 0 Å². The Hall–Kier alpha value is -1.00. The molecule has 0 aliphatic carbocycles. The molecule has 3 rings (SSSR count). The average Bonchev–Trinajstić information content (AvgIpc) is 2.63. The van der Waals surface area contributed by atoms with E-state index in [2.05, 4.69) is 79.6 Å². The summed E-state index contributed by atoms with van der Waals surface area (Å²) in [5.74, 6) is 0.978. The van der Waals surface area contributed by atoms with Crippen LogP contribution in [0.1, 0.15) is 24.4 Å². The zero-order valence-corrected chi connectivity index (χ0v) is 14.1. The van der Waals surface area contributed by atoms with Crippen molar-refractivity contribution in [2.24, 2.45) is 0 Å². The Labute approximate surface area is 135 Å². The number of anilines is 1. The zero-order chi connectivity index (χ0) is 13.9. The van der Waals surface area contributed by atoms with Crippen molar-refractivity contribution in [2.45, 2.75) is 18.9 Å². The minimum atomic E-state index is 0.293. The fraction of sp³-hybridized carbons (Fsp3) is 0.250. The summed E-state index contributed by atoms with van der Waals surface area (Å²) in [6.45, 7) is 0.780. The molecule has 1 atom stereocenters. The molecule has 0 saturated heterocycles. The number of hydrogen-bond donors (Lipinski definition) is 1. The second-order valence-corrected chi connectivity index (χ2v) is 6.71. The van der Waals surface area contributed by atoms with Gasteiger partial charge in [0.05, 0.1) is 12.6 Å². The predicted molar refractivity (Wildman–Crippen MR) is 89.4 cm³/mol. The summed E-state index contributed by atoms with van der Waals surface area (Å²) in [5.41, 5.74) is 2.36. The van der Waals surface area contributed by atoms with E-state index in [1.807, 2.05) is 0 Å². The highest BCUT2D eigenvalue weighted by atomic mass is 79.9. The van der Waals surface area contributed by atoms with Crippen molar-refractivity contribution in [3.05, 3.63) is 57.0 Å². The number of benzene rings is 2. The van der Waals surface area contributed by atoms with E-state index in [0.29, 0.717) is 6.04 Å². The summed E-state index contributed by atoms with van der Waals surface area (Å²) in [4.78, 5) is 0. The molecule has 0 fully saturated rings. The van der Waals surface area contributed by atoms with Crippen molar-refractivity contribution in [1.29, 1.82) is 0 Å². The van der Waals surface area contributed by atoms with Gasteiger partial charge in [0, 0.05) is 20.2 Å². The normalized spacial score (nSPS) is 17.8. The van der Waals surface area contributed by atoms with Gasteiger partial charge >= 0.3 is 0 Å². The van der Waals surface area contributed by atoms with E-state index in [4.69, 9.17) is 4.74 Å². The molecular weight excluding hydrogens is 382 g/mol. The molecule has 2 aromatic carbocycles. The van der Waals surface area contributed by atoms with Crippen LogP contribution in [0.3, 0.4) is 0 Å². The van der Waals surface area contributed by atoms with Gasteiger partial charge in [-0.1, -0.05) is 37.9 Å². The Morgan fingerprint density at radius 1 is 1.00 bits per heavy atom. The molecular formula is C16H15Br2NO. The van der Waals surface area contributed by atoms with Gasteiger partial charge in [0.2, 0.25) is 0 Å². The maximum absolute atomic E-state index is 5.84. The van der Waals surface area contributed by atoms with Crippen LogP contribution in [-0.2, 0) is 0 Å². The quantitative estimate of drug-likeness (QED) is 0.719. The van der Waals surface area contributed by atoms with E-state index in [1.165, 1.54) is 5.56 Å². The topological polar surface area (TPSA) is 21.3 Å². The molecule has 20 heavy (non-hydrogen) atoms. The molecule has 0 spiro atoms. The summed E-state index contributed by atoms with van der Waals surface area (Å²) >= 11 is 6.97. The lowest BCUT2D eigenvalue weighted by Gasteiger charge is -2.20. The molecule has 1 unspecified atom stereocenters. The standard InChI is InChI=1S/C16H15Br2NO/c17-11-3-6-13(7-4-11)19-15-2-1-9-20-16-10-12(18)5-8-14(15)16/h3-8,10,15,19H,1-2,9H2. The van der Waals surface area contributed by atoms with Crippen molar-refractivity contribution in [3.8, 4) is 5.75 Å². The van der Waals surface area contributed by atoms with Crippen LogP contribution in [0.5, 0.6) is 5.75 Å². The third kappa shape index (κ3) is 3.18. The fourth-order valence-electron chi connectivity index (χ4n) is 2.44. The van der Waals surface area contributed by atoms with Crippen molar-refractivity contribution < 1.29 is 4.74 Å². The Bertz CT molecular complexity index is 598. The lowest BCUT2D eigenvalue weighted by atomic mass is 10.0. The molecule has 2 aromatic rings. The smallest absolute Gasteiger partial charge is 0.125 e. The van der Waals surface area contributed by atoms with Crippen LogP contribution < -0.4 is 10.1 Å². The highest BCUT2D eigenvalue weighted by Crippen LogP contribution is 2.35. The summed E-state index contributed by atoms with van der Waals surface area (Å²) in [6, 6.07) is 14.8. The molecule has 2 nitrogen and oxygen atoms in total. The fourth-order valence-corrected chi connectivity index (χ4v) is 3.05.